The Labute approximate surface area is 193 Å². The highest BCUT2D eigenvalue weighted by Crippen LogP contribution is 2.38. The Morgan fingerprint density at radius 1 is 1.29 bits per heavy atom. The summed E-state index contributed by atoms with van der Waals surface area (Å²) in [6, 6.07) is 7.43. The van der Waals surface area contributed by atoms with E-state index in [1.807, 2.05) is 29.7 Å². The van der Waals surface area contributed by atoms with Gasteiger partial charge in [0.05, 0.1) is 11.3 Å². The lowest BCUT2D eigenvalue weighted by atomic mass is 9.95. The fourth-order valence-corrected chi connectivity index (χ4v) is 6.03. The maximum Gasteiger partial charge on any atom is 0.251 e. The number of aromatic nitrogens is 3. The number of benzene rings is 1. The number of thiophene rings is 1. The number of primary amides is 1. The number of anilines is 1. The van der Waals surface area contributed by atoms with Crippen LogP contribution in [0.1, 0.15) is 40.6 Å². The summed E-state index contributed by atoms with van der Waals surface area (Å²) in [6.45, 7) is 2.65. The van der Waals surface area contributed by atoms with Crippen LogP contribution in [0.3, 0.4) is 0 Å². The van der Waals surface area contributed by atoms with E-state index in [0.717, 1.165) is 41.7 Å². The zero-order valence-electron chi connectivity index (χ0n) is 17.0. The van der Waals surface area contributed by atoms with Crippen LogP contribution < -0.4 is 11.1 Å². The lowest BCUT2D eigenvalue weighted by molar-refractivity contribution is -0.113. The molecule has 0 spiro atoms. The summed E-state index contributed by atoms with van der Waals surface area (Å²) in [5, 5.41) is 13.3. The van der Waals surface area contributed by atoms with Crippen molar-refractivity contribution in [3.8, 4) is 11.4 Å². The number of hydrogen-bond donors (Lipinski definition) is 2. The van der Waals surface area contributed by atoms with E-state index in [2.05, 4.69) is 15.5 Å². The molecule has 7 nitrogen and oxygen atoms in total. The first kappa shape index (κ1) is 21.9. The third-order valence-corrected chi connectivity index (χ3v) is 7.53. The number of thioether (sulfide) groups is 1. The monoisotopic (exact) mass is 475 g/mol. The first-order valence-corrected chi connectivity index (χ1v) is 12.2. The van der Waals surface area contributed by atoms with Crippen LogP contribution in [0.15, 0.2) is 29.4 Å². The Hall–Kier alpha value is -2.36. The van der Waals surface area contributed by atoms with Crippen molar-refractivity contribution in [2.45, 2.75) is 44.3 Å². The van der Waals surface area contributed by atoms with Crippen LogP contribution in [0.4, 0.5) is 5.00 Å². The van der Waals surface area contributed by atoms with Gasteiger partial charge in [0.1, 0.15) is 5.00 Å². The molecule has 31 heavy (non-hydrogen) atoms. The number of rotatable bonds is 7. The average molecular weight is 476 g/mol. The molecule has 0 radical (unpaired) electrons. The summed E-state index contributed by atoms with van der Waals surface area (Å²) < 4.78 is 1.95. The first-order chi connectivity index (χ1) is 15.0. The Morgan fingerprint density at radius 3 is 2.84 bits per heavy atom. The second-order valence-electron chi connectivity index (χ2n) is 7.18. The van der Waals surface area contributed by atoms with Crippen LogP contribution in [0.2, 0.25) is 5.02 Å². The maximum absolute atomic E-state index is 12.6. The summed E-state index contributed by atoms with van der Waals surface area (Å²) in [6.07, 6.45) is 3.89. The Balaban J connectivity index is 1.48. The fourth-order valence-electron chi connectivity index (χ4n) is 3.73. The zero-order valence-corrected chi connectivity index (χ0v) is 19.4. The van der Waals surface area contributed by atoms with Gasteiger partial charge in [-0.2, -0.15) is 0 Å². The van der Waals surface area contributed by atoms with Gasteiger partial charge < -0.3 is 15.6 Å². The van der Waals surface area contributed by atoms with Crippen LogP contribution in [-0.4, -0.2) is 32.3 Å². The van der Waals surface area contributed by atoms with Gasteiger partial charge in [0.25, 0.3) is 5.91 Å². The van der Waals surface area contributed by atoms with Crippen molar-refractivity contribution in [1.29, 1.82) is 0 Å². The number of nitrogens with one attached hydrogen (secondary N) is 1. The molecule has 10 heteroatoms. The van der Waals surface area contributed by atoms with Gasteiger partial charge in [0.15, 0.2) is 11.0 Å². The van der Waals surface area contributed by atoms with E-state index in [1.165, 1.54) is 23.1 Å². The molecule has 0 bridgehead atoms. The van der Waals surface area contributed by atoms with E-state index in [4.69, 9.17) is 17.3 Å². The molecule has 162 valence electrons. The third-order valence-electron chi connectivity index (χ3n) is 5.12. The minimum atomic E-state index is -0.487. The Bertz CT molecular complexity index is 1140. The average Bonchev–Trinajstić information content (AvgIpc) is 3.32. The summed E-state index contributed by atoms with van der Waals surface area (Å²) >= 11 is 8.87. The Kier molecular flexibility index (Phi) is 6.64. The summed E-state index contributed by atoms with van der Waals surface area (Å²) in [4.78, 5) is 25.8. The third kappa shape index (κ3) is 4.63. The molecular formula is C21H22ClN5O2S2. The quantitative estimate of drug-likeness (QED) is 0.493. The second kappa shape index (κ2) is 9.42. The van der Waals surface area contributed by atoms with Gasteiger partial charge in [-0.05, 0) is 50.3 Å². The minimum absolute atomic E-state index is 0.147. The van der Waals surface area contributed by atoms with Crippen molar-refractivity contribution in [1.82, 2.24) is 14.8 Å². The topological polar surface area (TPSA) is 103 Å². The van der Waals surface area contributed by atoms with Crippen molar-refractivity contribution >= 4 is 51.5 Å². The molecule has 3 aromatic rings. The summed E-state index contributed by atoms with van der Waals surface area (Å²) in [7, 11) is 0. The lowest BCUT2D eigenvalue weighted by Crippen LogP contribution is -2.19. The molecule has 0 aliphatic heterocycles. The number of amides is 2. The van der Waals surface area contributed by atoms with Crippen molar-refractivity contribution < 1.29 is 9.59 Å². The minimum Gasteiger partial charge on any atom is -0.365 e. The van der Waals surface area contributed by atoms with Gasteiger partial charge in [-0.25, -0.2) is 0 Å². The van der Waals surface area contributed by atoms with E-state index >= 15 is 0 Å². The van der Waals surface area contributed by atoms with Gasteiger partial charge in [-0.1, -0.05) is 35.5 Å². The number of fused-ring (bicyclic) bond motifs is 1. The van der Waals surface area contributed by atoms with Crippen LogP contribution in [0.5, 0.6) is 0 Å². The molecule has 2 heterocycles. The summed E-state index contributed by atoms with van der Waals surface area (Å²) in [5.74, 6) is 0.157. The van der Waals surface area contributed by atoms with Crippen molar-refractivity contribution in [2.24, 2.45) is 5.73 Å². The van der Waals surface area contributed by atoms with Crippen LogP contribution in [0, 0.1) is 0 Å². The van der Waals surface area contributed by atoms with Crippen LogP contribution in [0.25, 0.3) is 11.4 Å². The Morgan fingerprint density at radius 2 is 2.10 bits per heavy atom. The summed E-state index contributed by atoms with van der Waals surface area (Å²) in [5.41, 5.74) is 7.95. The van der Waals surface area contributed by atoms with Crippen molar-refractivity contribution in [2.75, 3.05) is 11.1 Å². The van der Waals surface area contributed by atoms with Crippen LogP contribution in [-0.2, 0) is 24.2 Å². The van der Waals surface area contributed by atoms with Crippen molar-refractivity contribution in [3.05, 3.63) is 45.3 Å². The zero-order chi connectivity index (χ0) is 22.0. The smallest absolute Gasteiger partial charge is 0.251 e. The molecule has 0 atom stereocenters. The molecule has 1 aliphatic carbocycles. The van der Waals surface area contributed by atoms with E-state index in [9.17, 15) is 9.59 Å². The molecule has 0 saturated carbocycles. The maximum atomic E-state index is 12.6. The second-order valence-corrected chi connectivity index (χ2v) is 9.66. The van der Waals surface area contributed by atoms with Gasteiger partial charge >= 0.3 is 0 Å². The van der Waals surface area contributed by atoms with E-state index in [1.54, 1.807) is 6.07 Å². The number of halogens is 1. The van der Waals surface area contributed by atoms with Gasteiger partial charge in [-0.3, -0.25) is 9.59 Å². The standard InChI is InChI=1S/C21H22ClN5O2S2/c1-2-27-19(12-6-5-7-13(22)10-12)25-26-21(27)30-11-16(28)24-20-17(18(23)29)14-8-3-4-9-15(14)31-20/h5-7,10H,2-4,8-9,11H2,1H3,(H2,23,29)(H,24,28). The number of carbonyl (C=O) groups is 2. The molecular weight excluding hydrogens is 454 g/mol. The molecule has 2 aromatic heterocycles. The molecule has 0 fully saturated rings. The van der Waals surface area contributed by atoms with Crippen LogP contribution >= 0.6 is 34.7 Å². The molecule has 4 rings (SSSR count). The normalized spacial score (nSPS) is 13.1. The van der Waals surface area contributed by atoms with E-state index in [0.29, 0.717) is 33.1 Å². The van der Waals surface area contributed by atoms with Gasteiger partial charge in [0, 0.05) is 22.0 Å². The molecule has 3 N–H and O–H groups in total. The number of carbonyl (C=O) groups excluding carboxylic acids is 2. The van der Waals surface area contributed by atoms with E-state index < -0.39 is 5.91 Å². The van der Waals surface area contributed by atoms with Crippen molar-refractivity contribution in [3.63, 3.8) is 0 Å². The molecule has 0 unspecified atom stereocenters. The number of aryl methyl sites for hydroxylation is 1. The van der Waals surface area contributed by atoms with E-state index in [-0.39, 0.29) is 11.7 Å². The first-order valence-electron chi connectivity index (χ1n) is 10.0. The largest absolute Gasteiger partial charge is 0.365 e. The predicted molar refractivity (Wildman–Crippen MR) is 125 cm³/mol. The van der Waals surface area contributed by atoms with Gasteiger partial charge in [0.2, 0.25) is 5.91 Å². The lowest BCUT2D eigenvalue weighted by Gasteiger charge is -2.11. The number of nitrogens with zero attached hydrogens (tertiary/aromatic N) is 3. The molecule has 0 saturated heterocycles. The number of nitrogens with two attached hydrogens (primary N) is 1. The molecule has 1 aliphatic rings. The molecule has 1 aromatic carbocycles. The number of hydrogen-bond acceptors (Lipinski definition) is 6. The highest BCUT2D eigenvalue weighted by molar-refractivity contribution is 7.99. The fraction of sp³-hybridized carbons (Fsp3) is 0.333. The van der Waals surface area contributed by atoms with Gasteiger partial charge in [-0.15, -0.1) is 21.5 Å². The highest BCUT2D eigenvalue weighted by atomic mass is 35.5. The highest BCUT2D eigenvalue weighted by Gasteiger charge is 2.25. The SMILES string of the molecule is CCn1c(SCC(=O)Nc2sc3c(c2C(N)=O)CCCC3)nnc1-c1cccc(Cl)c1. The molecule has 2 amide bonds. The predicted octanol–water partition coefficient (Wildman–Crippen LogP) is 4.39.